The molecule has 0 saturated carbocycles. The first-order chi connectivity index (χ1) is 10.7. The molecule has 2 N–H and O–H groups in total. The number of rotatable bonds is 2. The number of aliphatic carboxylic acids is 1. The first-order valence-corrected chi connectivity index (χ1v) is 7.81. The van der Waals surface area contributed by atoms with E-state index in [0.29, 0.717) is 25.5 Å². The summed E-state index contributed by atoms with van der Waals surface area (Å²) in [5.41, 5.74) is 0. The minimum absolute atomic E-state index is 0.212. The molecule has 0 unspecified atom stereocenters. The van der Waals surface area contributed by atoms with Crippen molar-refractivity contribution in [3.8, 4) is 0 Å². The maximum Gasteiger partial charge on any atom is 0.309 e. The highest BCUT2D eigenvalue weighted by Gasteiger charge is 2.30. The van der Waals surface area contributed by atoms with Crippen LogP contribution in [0.2, 0.25) is 0 Å². The highest BCUT2D eigenvalue weighted by Crippen LogP contribution is 2.16. The summed E-state index contributed by atoms with van der Waals surface area (Å²) in [6, 6.07) is 0. The van der Waals surface area contributed by atoms with Gasteiger partial charge in [-0.05, 0) is 12.8 Å². The molecule has 0 spiro atoms. The fraction of sp³-hybridized carbons (Fsp3) is 0.714. The molecule has 8 heteroatoms. The zero-order chi connectivity index (χ0) is 15.5. The maximum absolute atomic E-state index is 12.7. The van der Waals surface area contributed by atoms with E-state index in [1.165, 1.54) is 0 Å². The molecule has 3 rings (SSSR count). The van der Waals surface area contributed by atoms with Gasteiger partial charge < -0.3 is 19.9 Å². The number of amides is 1. The van der Waals surface area contributed by atoms with Crippen molar-refractivity contribution in [3.05, 3.63) is 11.6 Å². The molecule has 1 aromatic heterocycles. The highest BCUT2D eigenvalue weighted by molar-refractivity contribution is 5.91. The molecule has 120 valence electrons. The van der Waals surface area contributed by atoms with Crippen LogP contribution in [0.25, 0.3) is 0 Å². The van der Waals surface area contributed by atoms with Gasteiger partial charge in [-0.2, -0.15) is 0 Å². The minimum Gasteiger partial charge on any atom is -0.481 e. The Kier molecular flexibility index (Phi) is 4.37. The number of fused-ring (bicyclic) bond motifs is 1. The van der Waals surface area contributed by atoms with Crippen LogP contribution in [0.1, 0.15) is 35.7 Å². The lowest BCUT2D eigenvalue weighted by molar-refractivity contribution is -0.141. The van der Waals surface area contributed by atoms with Crippen molar-refractivity contribution in [1.82, 2.24) is 25.0 Å². The van der Waals surface area contributed by atoms with Crippen LogP contribution in [0.5, 0.6) is 0 Å². The summed E-state index contributed by atoms with van der Waals surface area (Å²) in [5.74, 6) is -0.465. The minimum atomic E-state index is -0.882. The molecule has 0 radical (unpaired) electrons. The van der Waals surface area contributed by atoms with Crippen molar-refractivity contribution >= 4 is 11.9 Å². The van der Waals surface area contributed by atoms with Crippen molar-refractivity contribution in [2.24, 2.45) is 5.92 Å². The van der Waals surface area contributed by atoms with Gasteiger partial charge in [-0.1, -0.05) is 6.42 Å². The third kappa shape index (κ3) is 2.96. The Bertz CT molecular complexity index is 571. The number of hydrogen-bond acceptors (Lipinski definition) is 5. The van der Waals surface area contributed by atoms with Crippen molar-refractivity contribution in [1.29, 1.82) is 0 Å². The van der Waals surface area contributed by atoms with Gasteiger partial charge in [-0.15, -0.1) is 10.2 Å². The van der Waals surface area contributed by atoms with Gasteiger partial charge >= 0.3 is 5.97 Å². The number of aryl methyl sites for hydroxylation is 1. The fourth-order valence-corrected chi connectivity index (χ4v) is 3.05. The van der Waals surface area contributed by atoms with E-state index in [2.05, 4.69) is 15.5 Å². The van der Waals surface area contributed by atoms with Crippen LogP contribution >= 0.6 is 0 Å². The van der Waals surface area contributed by atoms with Gasteiger partial charge in [0.05, 0.1) is 5.92 Å². The average Bonchev–Trinajstić information content (AvgIpc) is 2.72. The van der Waals surface area contributed by atoms with Crippen LogP contribution in [0.4, 0.5) is 0 Å². The van der Waals surface area contributed by atoms with E-state index in [-0.39, 0.29) is 12.5 Å². The summed E-state index contributed by atoms with van der Waals surface area (Å²) >= 11 is 0. The van der Waals surface area contributed by atoms with Gasteiger partial charge in [0.15, 0.2) is 0 Å². The first-order valence-electron chi connectivity index (χ1n) is 7.81. The SMILES string of the molecule is O=C(O)[C@H]1CNCCN(C(=O)c2nnc3n2CCCCC3)C1. The molecular formula is C14H21N5O3. The molecule has 8 nitrogen and oxygen atoms in total. The lowest BCUT2D eigenvalue weighted by Crippen LogP contribution is -2.39. The zero-order valence-corrected chi connectivity index (χ0v) is 12.5. The summed E-state index contributed by atoms with van der Waals surface area (Å²) in [6.45, 7) is 2.44. The fourth-order valence-electron chi connectivity index (χ4n) is 3.05. The molecule has 1 fully saturated rings. The van der Waals surface area contributed by atoms with Gasteiger partial charge in [0.2, 0.25) is 5.82 Å². The standard InChI is InChI=1S/C14H21N5O3/c20-13(18-7-5-15-8-10(9-18)14(21)22)12-17-16-11-4-2-1-3-6-19(11)12/h10,15H,1-9H2,(H,21,22)/t10-/m0/s1. The number of carbonyl (C=O) groups excluding carboxylic acids is 1. The molecule has 0 aliphatic carbocycles. The molecule has 1 amide bonds. The highest BCUT2D eigenvalue weighted by atomic mass is 16.4. The first kappa shape index (κ1) is 15.0. The van der Waals surface area contributed by atoms with Crippen molar-refractivity contribution in [2.45, 2.75) is 32.2 Å². The Hall–Kier alpha value is -1.96. The van der Waals surface area contributed by atoms with Gasteiger partial charge in [-0.3, -0.25) is 9.59 Å². The molecule has 2 aliphatic heterocycles. The quantitative estimate of drug-likeness (QED) is 0.781. The predicted octanol–water partition coefficient (Wildman–Crippen LogP) is -0.249. The molecule has 1 aromatic rings. The molecule has 3 heterocycles. The summed E-state index contributed by atoms with van der Waals surface area (Å²) in [7, 11) is 0. The second-order valence-corrected chi connectivity index (χ2v) is 5.89. The van der Waals surface area contributed by atoms with Crippen LogP contribution in [-0.2, 0) is 17.8 Å². The van der Waals surface area contributed by atoms with Crippen LogP contribution in [-0.4, -0.2) is 62.8 Å². The van der Waals surface area contributed by atoms with E-state index in [9.17, 15) is 14.7 Å². The van der Waals surface area contributed by atoms with Crippen LogP contribution in [0.15, 0.2) is 0 Å². The Morgan fingerprint density at radius 3 is 2.86 bits per heavy atom. The predicted molar refractivity (Wildman–Crippen MR) is 77.5 cm³/mol. The molecule has 1 saturated heterocycles. The van der Waals surface area contributed by atoms with Crippen molar-refractivity contribution < 1.29 is 14.7 Å². The second kappa shape index (κ2) is 6.43. The number of nitrogens with one attached hydrogen (secondary N) is 1. The topological polar surface area (TPSA) is 100 Å². The van der Waals surface area contributed by atoms with Gasteiger partial charge in [0, 0.05) is 39.1 Å². The summed E-state index contributed by atoms with van der Waals surface area (Å²) in [6.07, 6.45) is 4.07. The van der Waals surface area contributed by atoms with Crippen molar-refractivity contribution in [2.75, 3.05) is 26.2 Å². The van der Waals surface area contributed by atoms with Crippen molar-refractivity contribution in [3.63, 3.8) is 0 Å². The largest absolute Gasteiger partial charge is 0.481 e. The van der Waals surface area contributed by atoms with E-state index < -0.39 is 11.9 Å². The van der Waals surface area contributed by atoms with E-state index in [0.717, 1.165) is 38.1 Å². The normalized spacial score (nSPS) is 22.5. The summed E-state index contributed by atoms with van der Waals surface area (Å²) in [4.78, 5) is 25.6. The molecule has 0 aromatic carbocycles. The average molecular weight is 307 g/mol. The number of nitrogens with zero attached hydrogens (tertiary/aromatic N) is 4. The van der Waals surface area contributed by atoms with Gasteiger partial charge in [-0.25, -0.2) is 0 Å². The second-order valence-electron chi connectivity index (χ2n) is 5.89. The molecule has 1 atom stereocenters. The Labute approximate surface area is 128 Å². The van der Waals surface area contributed by atoms with E-state index in [1.807, 2.05) is 4.57 Å². The van der Waals surface area contributed by atoms with E-state index >= 15 is 0 Å². The molecule has 22 heavy (non-hydrogen) atoms. The number of carbonyl (C=O) groups is 2. The lowest BCUT2D eigenvalue weighted by atomic mass is 10.1. The molecular weight excluding hydrogens is 286 g/mol. The Balaban J connectivity index is 1.81. The number of carboxylic acids is 1. The summed E-state index contributed by atoms with van der Waals surface area (Å²) < 4.78 is 1.91. The zero-order valence-electron chi connectivity index (χ0n) is 12.5. The van der Waals surface area contributed by atoms with E-state index in [4.69, 9.17) is 0 Å². The number of aromatic nitrogens is 3. The third-order valence-corrected chi connectivity index (χ3v) is 4.33. The monoisotopic (exact) mass is 307 g/mol. The van der Waals surface area contributed by atoms with Gasteiger partial charge in [0.1, 0.15) is 5.82 Å². The lowest BCUT2D eigenvalue weighted by Gasteiger charge is -2.22. The smallest absolute Gasteiger partial charge is 0.309 e. The van der Waals surface area contributed by atoms with Crippen LogP contribution in [0.3, 0.4) is 0 Å². The maximum atomic E-state index is 12.7. The van der Waals surface area contributed by atoms with Gasteiger partial charge in [0.25, 0.3) is 5.91 Å². The van der Waals surface area contributed by atoms with E-state index in [1.54, 1.807) is 4.90 Å². The Morgan fingerprint density at radius 1 is 1.18 bits per heavy atom. The van der Waals surface area contributed by atoms with Crippen LogP contribution < -0.4 is 5.32 Å². The Morgan fingerprint density at radius 2 is 2.05 bits per heavy atom. The summed E-state index contributed by atoms with van der Waals surface area (Å²) in [5, 5.41) is 20.5. The third-order valence-electron chi connectivity index (χ3n) is 4.33. The molecule has 0 bridgehead atoms. The number of hydrogen-bond donors (Lipinski definition) is 2. The number of carboxylic acid groups (broad SMARTS) is 1. The molecule has 2 aliphatic rings. The van der Waals surface area contributed by atoms with Crippen LogP contribution in [0, 0.1) is 5.92 Å².